The van der Waals surface area contributed by atoms with Gasteiger partial charge in [-0.1, -0.05) is 13.3 Å². The van der Waals surface area contributed by atoms with Crippen LogP contribution in [0.5, 0.6) is 0 Å². The van der Waals surface area contributed by atoms with Crippen LogP contribution in [0, 0.1) is 5.92 Å². The van der Waals surface area contributed by atoms with E-state index in [1.807, 2.05) is 16.5 Å². The van der Waals surface area contributed by atoms with E-state index in [9.17, 15) is 13.2 Å². The number of amides is 1. The first-order valence-electron chi connectivity index (χ1n) is 9.89. The number of nitrogens with zero attached hydrogens (tertiary/aromatic N) is 4. The number of sulfonamides is 1. The quantitative estimate of drug-likeness (QED) is 0.738. The standard InChI is InChI=1S/C20H30N4O3S/c1-5-15-7-6-12-24(14-15)20(25)11-10-19-21-17-13-16(28(26,27)22(2)3)8-9-18(17)23(19)4/h8-9,13,15H,5-7,10-12,14H2,1-4H3. The van der Waals surface area contributed by atoms with Crippen LogP contribution < -0.4 is 0 Å². The van der Waals surface area contributed by atoms with Gasteiger partial charge in [-0.25, -0.2) is 17.7 Å². The third kappa shape index (κ3) is 4.07. The zero-order valence-electron chi connectivity index (χ0n) is 17.2. The van der Waals surface area contributed by atoms with E-state index >= 15 is 0 Å². The van der Waals surface area contributed by atoms with Crippen molar-refractivity contribution < 1.29 is 13.2 Å². The largest absolute Gasteiger partial charge is 0.342 e. The van der Waals surface area contributed by atoms with Gasteiger partial charge in [-0.2, -0.15) is 0 Å². The fourth-order valence-corrected chi connectivity index (χ4v) is 4.75. The molecule has 2 aromatic rings. The normalized spacial score (nSPS) is 18.2. The maximum atomic E-state index is 12.6. The van der Waals surface area contributed by atoms with E-state index < -0.39 is 10.0 Å². The highest BCUT2D eigenvalue weighted by Crippen LogP contribution is 2.23. The first-order chi connectivity index (χ1) is 13.2. The minimum absolute atomic E-state index is 0.182. The molecule has 7 nitrogen and oxygen atoms in total. The molecule has 0 N–H and O–H groups in total. The van der Waals surface area contributed by atoms with Gasteiger partial charge < -0.3 is 9.47 Å². The summed E-state index contributed by atoms with van der Waals surface area (Å²) in [4.78, 5) is 19.4. The summed E-state index contributed by atoms with van der Waals surface area (Å²) in [5, 5.41) is 0. The Balaban J connectivity index is 1.75. The van der Waals surface area contributed by atoms with Crippen molar-refractivity contribution in [2.75, 3.05) is 27.2 Å². The molecule has 1 fully saturated rings. The average molecular weight is 407 g/mol. The number of carbonyl (C=O) groups is 1. The molecule has 0 bridgehead atoms. The van der Waals surface area contributed by atoms with Gasteiger partial charge in [-0.15, -0.1) is 0 Å². The van der Waals surface area contributed by atoms with E-state index in [0.717, 1.165) is 37.3 Å². The predicted octanol–water partition coefficient (Wildman–Crippen LogP) is 2.40. The molecule has 1 aromatic carbocycles. The van der Waals surface area contributed by atoms with Crippen LogP contribution in [0.2, 0.25) is 0 Å². The van der Waals surface area contributed by atoms with Crippen molar-refractivity contribution in [1.29, 1.82) is 0 Å². The molecule has 1 saturated heterocycles. The summed E-state index contributed by atoms with van der Waals surface area (Å²) in [5.41, 5.74) is 1.50. The third-order valence-electron chi connectivity index (χ3n) is 5.74. The minimum atomic E-state index is -3.50. The highest BCUT2D eigenvalue weighted by Gasteiger charge is 2.23. The fraction of sp³-hybridized carbons (Fsp3) is 0.600. The second-order valence-corrected chi connectivity index (χ2v) is 9.93. The Morgan fingerprint density at radius 3 is 2.75 bits per heavy atom. The molecule has 1 aliphatic rings. The molecule has 1 unspecified atom stereocenters. The summed E-state index contributed by atoms with van der Waals surface area (Å²) in [5.74, 6) is 1.60. The van der Waals surface area contributed by atoms with Crippen LogP contribution in [0.1, 0.15) is 38.4 Å². The lowest BCUT2D eigenvalue weighted by Crippen LogP contribution is -2.39. The number of aromatic nitrogens is 2. The predicted molar refractivity (Wildman–Crippen MR) is 110 cm³/mol. The van der Waals surface area contributed by atoms with E-state index in [4.69, 9.17) is 0 Å². The number of carbonyl (C=O) groups excluding carboxylic acids is 1. The van der Waals surface area contributed by atoms with Crippen molar-refractivity contribution in [3.63, 3.8) is 0 Å². The fourth-order valence-electron chi connectivity index (χ4n) is 3.83. The molecule has 154 valence electrons. The van der Waals surface area contributed by atoms with Gasteiger partial charge in [0.1, 0.15) is 5.82 Å². The van der Waals surface area contributed by atoms with Crippen molar-refractivity contribution in [2.24, 2.45) is 13.0 Å². The number of benzene rings is 1. The smallest absolute Gasteiger partial charge is 0.242 e. The van der Waals surface area contributed by atoms with Gasteiger partial charge in [-0.05, 0) is 37.0 Å². The van der Waals surface area contributed by atoms with Crippen LogP contribution in [0.15, 0.2) is 23.1 Å². The summed E-state index contributed by atoms with van der Waals surface area (Å²) in [6.07, 6.45) is 4.39. The number of likely N-dealkylation sites (tertiary alicyclic amines) is 1. The van der Waals surface area contributed by atoms with Crippen LogP contribution >= 0.6 is 0 Å². The molecule has 0 spiro atoms. The summed E-state index contributed by atoms with van der Waals surface area (Å²) >= 11 is 0. The number of rotatable bonds is 6. The minimum Gasteiger partial charge on any atom is -0.342 e. The Morgan fingerprint density at radius 1 is 1.32 bits per heavy atom. The molecular weight excluding hydrogens is 376 g/mol. The van der Waals surface area contributed by atoms with Gasteiger partial charge in [0.15, 0.2) is 0 Å². The number of aryl methyl sites for hydroxylation is 2. The monoisotopic (exact) mass is 406 g/mol. The number of fused-ring (bicyclic) bond motifs is 1. The molecule has 2 heterocycles. The molecule has 1 aromatic heterocycles. The van der Waals surface area contributed by atoms with E-state index in [0.29, 0.717) is 24.3 Å². The van der Waals surface area contributed by atoms with Gasteiger partial charge in [0.05, 0.1) is 15.9 Å². The van der Waals surface area contributed by atoms with Crippen LogP contribution in [0.4, 0.5) is 0 Å². The molecular formula is C20H30N4O3S. The van der Waals surface area contributed by atoms with Crippen molar-refractivity contribution in [1.82, 2.24) is 18.8 Å². The highest BCUT2D eigenvalue weighted by molar-refractivity contribution is 7.89. The second kappa shape index (κ2) is 8.21. The maximum absolute atomic E-state index is 12.6. The first-order valence-corrected chi connectivity index (χ1v) is 11.3. The molecule has 0 aliphatic carbocycles. The van der Waals surface area contributed by atoms with Crippen molar-refractivity contribution in [3.05, 3.63) is 24.0 Å². The molecule has 1 amide bonds. The highest BCUT2D eigenvalue weighted by atomic mass is 32.2. The molecule has 0 saturated carbocycles. The number of hydrogen-bond donors (Lipinski definition) is 0. The Labute approximate surface area is 167 Å². The van der Waals surface area contributed by atoms with E-state index in [-0.39, 0.29) is 10.8 Å². The number of hydrogen-bond acceptors (Lipinski definition) is 4. The van der Waals surface area contributed by atoms with E-state index in [2.05, 4.69) is 11.9 Å². The molecule has 0 radical (unpaired) electrons. The Hall–Kier alpha value is -1.93. The van der Waals surface area contributed by atoms with Crippen LogP contribution in [-0.4, -0.2) is 60.3 Å². The molecule has 28 heavy (non-hydrogen) atoms. The van der Waals surface area contributed by atoms with Gasteiger partial charge in [0.25, 0.3) is 0 Å². The SMILES string of the molecule is CCC1CCCN(C(=O)CCc2nc3cc(S(=O)(=O)N(C)C)ccc3n2C)C1. The number of imidazole rings is 1. The Morgan fingerprint density at radius 2 is 2.07 bits per heavy atom. The third-order valence-corrected chi connectivity index (χ3v) is 7.55. The average Bonchev–Trinajstić information content (AvgIpc) is 3.01. The number of piperidine rings is 1. The summed E-state index contributed by atoms with van der Waals surface area (Å²) in [6.45, 7) is 3.90. The maximum Gasteiger partial charge on any atom is 0.242 e. The zero-order chi connectivity index (χ0) is 20.5. The lowest BCUT2D eigenvalue weighted by molar-refractivity contribution is -0.133. The van der Waals surface area contributed by atoms with E-state index in [1.165, 1.54) is 24.8 Å². The lowest BCUT2D eigenvalue weighted by atomic mass is 9.95. The van der Waals surface area contributed by atoms with Crippen LogP contribution in [-0.2, 0) is 28.3 Å². The molecule has 3 rings (SSSR count). The van der Waals surface area contributed by atoms with Crippen molar-refractivity contribution in [3.8, 4) is 0 Å². The molecule has 1 aliphatic heterocycles. The van der Waals surface area contributed by atoms with Gasteiger partial charge in [0.2, 0.25) is 15.9 Å². The summed E-state index contributed by atoms with van der Waals surface area (Å²) in [7, 11) is 1.43. The molecule has 8 heteroatoms. The molecule has 1 atom stereocenters. The second-order valence-electron chi connectivity index (χ2n) is 7.78. The summed E-state index contributed by atoms with van der Waals surface area (Å²) < 4.78 is 27.8. The van der Waals surface area contributed by atoms with Crippen LogP contribution in [0.3, 0.4) is 0 Å². The van der Waals surface area contributed by atoms with Gasteiger partial charge in [0, 0.05) is 47.1 Å². The Kier molecular flexibility index (Phi) is 6.09. The first kappa shape index (κ1) is 20.8. The van der Waals surface area contributed by atoms with E-state index in [1.54, 1.807) is 18.2 Å². The van der Waals surface area contributed by atoms with Gasteiger partial charge >= 0.3 is 0 Å². The topological polar surface area (TPSA) is 75.5 Å². The van der Waals surface area contributed by atoms with Crippen LogP contribution in [0.25, 0.3) is 11.0 Å². The zero-order valence-corrected chi connectivity index (χ0v) is 18.0. The van der Waals surface area contributed by atoms with Gasteiger partial charge in [-0.3, -0.25) is 4.79 Å². The summed E-state index contributed by atoms with van der Waals surface area (Å²) in [6, 6.07) is 4.99. The Bertz CT molecular complexity index is 965. The van der Waals surface area contributed by atoms with Crippen molar-refractivity contribution in [2.45, 2.75) is 43.9 Å². The lowest BCUT2D eigenvalue weighted by Gasteiger charge is -2.32. The van der Waals surface area contributed by atoms with Crippen molar-refractivity contribution >= 4 is 27.0 Å².